The highest BCUT2D eigenvalue weighted by atomic mass is 35.5. The number of amides is 1. The third kappa shape index (κ3) is 4.69. The predicted octanol–water partition coefficient (Wildman–Crippen LogP) is 5.40. The van der Waals surface area contributed by atoms with E-state index in [4.69, 9.17) is 23.2 Å². The summed E-state index contributed by atoms with van der Waals surface area (Å²) < 4.78 is 0. The van der Waals surface area contributed by atoms with Gasteiger partial charge < -0.3 is 5.32 Å². The van der Waals surface area contributed by atoms with Gasteiger partial charge in [0.2, 0.25) is 5.91 Å². The third-order valence-corrected chi connectivity index (χ3v) is 5.21. The Labute approximate surface area is 165 Å². The van der Waals surface area contributed by atoms with Gasteiger partial charge in [0, 0.05) is 39.5 Å². The normalized spacial score (nSPS) is 12.3. The van der Waals surface area contributed by atoms with Crippen LogP contribution in [0.4, 0.5) is 0 Å². The first kappa shape index (κ1) is 18.6. The van der Waals surface area contributed by atoms with Gasteiger partial charge in [-0.15, -0.1) is 11.3 Å². The number of hydrogen-bond donors (Lipinski definition) is 1. The zero-order valence-corrected chi connectivity index (χ0v) is 16.1. The van der Waals surface area contributed by atoms with Gasteiger partial charge in [0.25, 0.3) is 0 Å². The molecular weight excluding hydrogens is 389 g/mol. The van der Waals surface area contributed by atoms with Crippen LogP contribution in [0.15, 0.2) is 54.2 Å². The number of nitrogens with one attached hydrogen (secondary N) is 1. The van der Waals surface area contributed by atoms with Gasteiger partial charge in [0.05, 0.1) is 11.7 Å². The van der Waals surface area contributed by atoms with Gasteiger partial charge in [-0.25, -0.2) is 4.98 Å². The average Bonchev–Trinajstić information content (AvgIpc) is 3.13. The number of hydrogen-bond acceptors (Lipinski definition) is 4. The number of rotatable bonds is 5. The molecule has 0 aliphatic heterocycles. The largest absolute Gasteiger partial charge is 0.344 e. The van der Waals surface area contributed by atoms with E-state index in [-0.39, 0.29) is 11.9 Å². The van der Waals surface area contributed by atoms with Crippen molar-refractivity contribution in [2.75, 3.05) is 0 Å². The zero-order chi connectivity index (χ0) is 18.5. The number of halogens is 2. The molecule has 1 aromatic carbocycles. The molecule has 2 aromatic heterocycles. The van der Waals surface area contributed by atoms with Crippen LogP contribution in [0.1, 0.15) is 23.5 Å². The number of aromatic nitrogens is 2. The van der Waals surface area contributed by atoms with Crippen LogP contribution >= 0.6 is 34.5 Å². The van der Waals surface area contributed by atoms with E-state index >= 15 is 0 Å². The fourth-order valence-corrected chi connectivity index (χ4v) is 3.47. The summed E-state index contributed by atoms with van der Waals surface area (Å²) in [5.41, 5.74) is 2.56. The second-order valence-electron chi connectivity index (χ2n) is 5.54. The second-order valence-corrected chi connectivity index (χ2v) is 7.27. The summed E-state index contributed by atoms with van der Waals surface area (Å²) in [5, 5.41) is 6.80. The molecule has 4 nitrogen and oxygen atoms in total. The summed E-state index contributed by atoms with van der Waals surface area (Å²) in [5.74, 6) is -0.228. The van der Waals surface area contributed by atoms with Gasteiger partial charge >= 0.3 is 0 Å². The lowest BCUT2D eigenvalue weighted by atomic mass is 10.2. The molecule has 1 atom stereocenters. The molecule has 0 spiro atoms. The summed E-state index contributed by atoms with van der Waals surface area (Å²) in [6.45, 7) is 1.90. The maximum atomic E-state index is 12.2. The van der Waals surface area contributed by atoms with Crippen molar-refractivity contribution in [1.29, 1.82) is 0 Å². The molecule has 1 unspecified atom stereocenters. The van der Waals surface area contributed by atoms with Crippen molar-refractivity contribution in [3.8, 4) is 11.3 Å². The van der Waals surface area contributed by atoms with Gasteiger partial charge in [-0.3, -0.25) is 9.78 Å². The summed E-state index contributed by atoms with van der Waals surface area (Å²) in [7, 11) is 0. The first-order chi connectivity index (χ1) is 12.5. The van der Waals surface area contributed by atoms with Crippen molar-refractivity contribution >= 4 is 46.5 Å². The van der Waals surface area contributed by atoms with Crippen molar-refractivity contribution in [2.45, 2.75) is 13.0 Å². The summed E-state index contributed by atoms with van der Waals surface area (Å²) >= 11 is 13.5. The Balaban J connectivity index is 1.65. The fourth-order valence-electron chi connectivity index (χ4n) is 2.27. The second kappa shape index (κ2) is 8.45. The number of nitrogens with zero attached hydrogens (tertiary/aromatic N) is 2. The van der Waals surface area contributed by atoms with Crippen LogP contribution in [0.2, 0.25) is 10.0 Å². The highest BCUT2D eigenvalue weighted by molar-refractivity contribution is 7.10. The van der Waals surface area contributed by atoms with Crippen LogP contribution in [-0.4, -0.2) is 15.9 Å². The zero-order valence-electron chi connectivity index (χ0n) is 13.8. The first-order valence-electron chi connectivity index (χ1n) is 7.82. The number of benzene rings is 1. The Hall–Kier alpha value is -2.21. The smallest absolute Gasteiger partial charge is 0.244 e. The molecule has 0 saturated carbocycles. The van der Waals surface area contributed by atoms with Crippen LogP contribution in [-0.2, 0) is 4.79 Å². The van der Waals surface area contributed by atoms with Crippen molar-refractivity contribution < 1.29 is 4.79 Å². The van der Waals surface area contributed by atoms with E-state index in [0.717, 1.165) is 16.3 Å². The van der Waals surface area contributed by atoms with E-state index < -0.39 is 0 Å². The van der Waals surface area contributed by atoms with Crippen LogP contribution in [0.25, 0.3) is 17.3 Å². The molecule has 2 heterocycles. The predicted molar refractivity (Wildman–Crippen MR) is 107 cm³/mol. The van der Waals surface area contributed by atoms with Crippen LogP contribution in [0, 0.1) is 0 Å². The molecule has 1 N–H and O–H groups in total. The highest BCUT2D eigenvalue weighted by Crippen LogP contribution is 2.25. The Morgan fingerprint density at radius 3 is 2.77 bits per heavy atom. The molecule has 7 heteroatoms. The minimum atomic E-state index is -0.228. The Kier molecular flexibility index (Phi) is 6.04. The highest BCUT2D eigenvalue weighted by Gasteiger charge is 2.13. The van der Waals surface area contributed by atoms with Gasteiger partial charge in [0.15, 0.2) is 0 Å². The maximum absolute atomic E-state index is 12.2. The van der Waals surface area contributed by atoms with E-state index in [1.807, 2.05) is 24.4 Å². The van der Waals surface area contributed by atoms with Gasteiger partial charge in [-0.2, -0.15) is 0 Å². The molecule has 0 saturated heterocycles. The van der Waals surface area contributed by atoms with Crippen LogP contribution in [0.3, 0.4) is 0 Å². The number of pyridine rings is 1. The Morgan fingerprint density at radius 2 is 2.00 bits per heavy atom. The minimum absolute atomic E-state index is 0.206. The molecule has 26 heavy (non-hydrogen) atoms. The quantitative estimate of drug-likeness (QED) is 0.579. The molecule has 0 bridgehead atoms. The molecule has 132 valence electrons. The molecule has 1 amide bonds. The van der Waals surface area contributed by atoms with Gasteiger partial charge in [-0.1, -0.05) is 23.2 Å². The third-order valence-electron chi connectivity index (χ3n) is 3.60. The number of carbonyl (C=O) groups excluding carboxylic acids is 1. The summed E-state index contributed by atoms with van der Waals surface area (Å²) in [6.07, 6.45) is 6.53. The Morgan fingerprint density at radius 1 is 1.23 bits per heavy atom. The van der Waals surface area contributed by atoms with Crippen molar-refractivity contribution in [1.82, 2.24) is 15.3 Å². The lowest BCUT2D eigenvalue weighted by Crippen LogP contribution is -2.24. The lowest BCUT2D eigenvalue weighted by molar-refractivity contribution is -0.117. The summed E-state index contributed by atoms with van der Waals surface area (Å²) in [6, 6.07) is 8.70. The SMILES string of the molecule is CC(NC(=O)/C=C/c1cc(Cl)ccc1Cl)c1nc(-c2ccncc2)cs1. The number of carbonyl (C=O) groups is 1. The van der Waals surface area contributed by atoms with E-state index in [0.29, 0.717) is 15.6 Å². The monoisotopic (exact) mass is 403 g/mol. The van der Waals surface area contributed by atoms with Gasteiger partial charge in [0.1, 0.15) is 5.01 Å². The minimum Gasteiger partial charge on any atom is -0.344 e. The maximum Gasteiger partial charge on any atom is 0.244 e. The molecule has 0 fully saturated rings. The number of thiazole rings is 1. The molecule has 0 radical (unpaired) electrons. The van der Waals surface area contributed by atoms with Crippen molar-refractivity contribution in [3.05, 3.63) is 74.8 Å². The fraction of sp³-hybridized carbons (Fsp3) is 0.105. The first-order valence-corrected chi connectivity index (χ1v) is 9.46. The van der Waals surface area contributed by atoms with Gasteiger partial charge in [-0.05, 0) is 48.9 Å². The van der Waals surface area contributed by atoms with E-state index in [9.17, 15) is 4.79 Å². The van der Waals surface area contributed by atoms with E-state index in [2.05, 4.69) is 15.3 Å². The van der Waals surface area contributed by atoms with Crippen molar-refractivity contribution in [3.63, 3.8) is 0 Å². The Bertz CT molecular complexity index is 941. The molecule has 0 aliphatic carbocycles. The van der Waals surface area contributed by atoms with E-state index in [1.165, 1.54) is 17.4 Å². The topological polar surface area (TPSA) is 54.9 Å². The molecule has 3 aromatic rings. The molecule has 0 aliphatic rings. The lowest BCUT2D eigenvalue weighted by Gasteiger charge is -2.09. The van der Waals surface area contributed by atoms with E-state index in [1.54, 1.807) is 36.7 Å². The van der Waals surface area contributed by atoms with Crippen LogP contribution < -0.4 is 5.32 Å². The molecular formula is C19H15Cl2N3OS. The standard InChI is InChI=1S/C19H15Cl2N3OS/c1-12(19-24-17(11-26-19)13-6-8-22-9-7-13)23-18(25)5-2-14-10-15(20)3-4-16(14)21/h2-12H,1H3,(H,23,25)/b5-2+. The molecule has 3 rings (SSSR count). The average molecular weight is 404 g/mol. The van der Waals surface area contributed by atoms with Crippen molar-refractivity contribution in [2.24, 2.45) is 0 Å². The van der Waals surface area contributed by atoms with Crippen LogP contribution in [0.5, 0.6) is 0 Å². The summed E-state index contributed by atoms with van der Waals surface area (Å²) in [4.78, 5) is 20.8.